The fraction of sp³-hybridized carbons (Fsp3) is 0.600. The van der Waals surface area contributed by atoms with Crippen LogP contribution in [0.25, 0.3) is 0 Å². The lowest BCUT2D eigenvalue weighted by molar-refractivity contribution is -0.492. The zero-order valence-corrected chi connectivity index (χ0v) is 28.0. The smallest absolute Gasteiger partial charge is 0.311 e. The summed E-state index contributed by atoms with van der Waals surface area (Å²) in [5.41, 5.74) is 1.85. The second kappa shape index (κ2) is 18.8. The van der Waals surface area contributed by atoms with E-state index in [-0.39, 0.29) is 49.7 Å². The average molecular weight is 658 g/mol. The van der Waals surface area contributed by atoms with E-state index in [1.807, 2.05) is 47.4 Å². The molecule has 47 heavy (non-hydrogen) atoms. The van der Waals surface area contributed by atoms with E-state index >= 15 is 0 Å². The number of nitrogens with zero attached hydrogens (tertiary/aromatic N) is 3. The van der Waals surface area contributed by atoms with Crippen LogP contribution in [0.2, 0.25) is 0 Å². The summed E-state index contributed by atoms with van der Waals surface area (Å²) in [6, 6.07) is 13.1. The van der Waals surface area contributed by atoms with Gasteiger partial charge in [-0.25, -0.2) is 0 Å². The molecule has 1 fully saturated rings. The van der Waals surface area contributed by atoms with Gasteiger partial charge >= 0.3 is 5.97 Å². The zero-order valence-electron chi connectivity index (χ0n) is 28.0. The van der Waals surface area contributed by atoms with Gasteiger partial charge in [0.25, 0.3) is 0 Å². The molecule has 12 nitrogen and oxygen atoms in total. The molecule has 2 aliphatic heterocycles. The largest absolute Gasteiger partial charge is 0.497 e. The Hall–Kier alpha value is -3.42. The molecule has 0 aromatic heterocycles. The van der Waals surface area contributed by atoms with E-state index < -0.39 is 12.0 Å². The van der Waals surface area contributed by atoms with E-state index in [0.29, 0.717) is 36.6 Å². The molecule has 2 aromatic rings. The van der Waals surface area contributed by atoms with Crippen molar-refractivity contribution in [1.29, 1.82) is 0 Å². The fourth-order valence-electron chi connectivity index (χ4n) is 6.36. The number of methoxy groups -OCH3 is 1. The first kappa shape index (κ1) is 36.4. The van der Waals surface area contributed by atoms with Gasteiger partial charge in [-0.1, -0.05) is 51.3 Å². The van der Waals surface area contributed by atoms with Crippen molar-refractivity contribution in [1.82, 2.24) is 15.2 Å². The number of hydrogen-bond acceptors (Lipinski definition) is 11. The second-order valence-corrected chi connectivity index (χ2v) is 12.1. The standard InChI is InChI=1S/C35H51N3O9/c1-4-6-18-36(19-7-5-2)32(39)24-37-23-29(27-14-17-30-31(22-27)46-25-45-30)33(34(37)26-12-15-28(43-3)16-13-26)35(40)44-20-10-8-9-11-21-47-38(41)42/h12-17,22,29,33-34,41-42H,4-11,18-21,23-25H2,1-3H3/t29?,33-,34?/m1/s1. The highest BCUT2D eigenvalue weighted by atomic mass is 17.1. The molecule has 0 bridgehead atoms. The lowest BCUT2D eigenvalue weighted by atomic mass is 9.82. The van der Waals surface area contributed by atoms with Crippen molar-refractivity contribution in [3.05, 3.63) is 53.6 Å². The summed E-state index contributed by atoms with van der Waals surface area (Å²) in [4.78, 5) is 36.7. The van der Waals surface area contributed by atoms with Crippen molar-refractivity contribution in [3.63, 3.8) is 0 Å². The number of hydrogen-bond donors (Lipinski definition) is 2. The minimum atomic E-state index is -0.579. The van der Waals surface area contributed by atoms with Gasteiger partial charge in [0.15, 0.2) is 11.5 Å². The van der Waals surface area contributed by atoms with Crippen molar-refractivity contribution >= 4 is 11.9 Å². The number of carbonyl (C=O) groups is 2. The zero-order chi connectivity index (χ0) is 33.6. The summed E-state index contributed by atoms with van der Waals surface area (Å²) in [5.74, 6) is 0.948. The van der Waals surface area contributed by atoms with Crippen molar-refractivity contribution < 1.29 is 43.8 Å². The van der Waals surface area contributed by atoms with Crippen LogP contribution in [0.4, 0.5) is 0 Å². The molecule has 4 rings (SSSR count). The Morgan fingerprint density at radius 1 is 0.872 bits per heavy atom. The minimum absolute atomic E-state index is 0.0679. The number of unbranched alkanes of at least 4 members (excludes halogenated alkanes) is 5. The summed E-state index contributed by atoms with van der Waals surface area (Å²) in [6.45, 7) is 6.97. The summed E-state index contributed by atoms with van der Waals surface area (Å²) >= 11 is 0. The van der Waals surface area contributed by atoms with Gasteiger partial charge in [0, 0.05) is 31.6 Å². The first-order valence-corrected chi connectivity index (χ1v) is 16.9. The number of esters is 1. The molecule has 0 aliphatic carbocycles. The van der Waals surface area contributed by atoms with Crippen LogP contribution in [0.5, 0.6) is 17.2 Å². The topological polar surface area (TPSA) is 130 Å². The third kappa shape index (κ3) is 10.3. The second-order valence-electron chi connectivity index (χ2n) is 12.1. The number of rotatable bonds is 20. The third-order valence-electron chi connectivity index (χ3n) is 8.90. The van der Waals surface area contributed by atoms with Crippen molar-refractivity contribution in [2.24, 2.45) is 5.92 Å². The van der Waals surface area contributed by atoms with Gasteiger partial charge in [0.2, 0.25) is 12.7 Å². The van der Waals surface area contributed by atoms with Crippen LogP contribution in [-0.4, -0.2) is 90.8 Å². The Morgan fingerprint density at radius 2 is 1.53 bits per heavy atom. The van der Waals surface area contributed by atoms with E-state index in [4.69, 9.17) is 29.4 Å². The lowest BCUT2D eigenvalue weighted by Crippen LogP contribution is -2.42. The van der Waals surface area contributed by atoms with Gasteiger partial charge in [0.1, 0.15) is 5.75 Å². The number of benzene rings is 2. The molecule has 1 amide bonds. The molecule has 12 heteroatoms. The molecule has 2 unspecified atom stereocenters. The van der Waals surface area contributed by atoms with Gasteiger partial charge in [-0.05, 0) is 67.5 Å². The monoisotopic (exact) mass is 657 g/mol. The molecule has 2 aromatic carbocycles. The van der Waals surface area contributed by atoms with E-state index in [9.17, 15) is 9.59 Å². The molecule has 260 valence electrons. The van der Waals surface area contributed by atoms with Crippen LogP contribution in [-0.2, 0) is 19.2 Å². The molecular weight excluding hydrogens is 606 g/mol. The maximum absolute atomic E-state index is 14.1. The highest BCUT2D eigenvalue weighted by Crippen LogP contribution is 2.48. The molecule has 0 saturated carbocycles. The molecule has 1 saturated heterocycles. The molecular formula is C35H51N3O9. The van der Waals surface area contributed by atoms with Gasteiger partial charge in [-0.15, -0.1) is 0 Å². The predicted molar refractivity (Wildman–Crippen MR) is 173 cm³/mol. The van der Waals surface area contributed by atoms with Crippen LogP contribution in [0.15, 0.2) is 42.5 Å². The van der Waals surface area contributed by atoms with E-state index in [1.54, 1.807) is 7.11 Å². The number of fused-ring (bicyclic) bond motifs is 1. The Morgan fingerprint density at radius 3 is 2.19 bits per heavy atom. The predicted octanol–water partition coefficient (Wildman–Crippen LogP) is 5.73. The molecule has 0 spiro atoms. The lowest BCUT2D eigenvalue weighted by Gasteiger charge is -2.30. The van der Waals surface area contributed by atoms with E-state index in [0.717, 1.165) is 62.7 Å². The van der Waals surface area contributed by atoms with Crippen LogP contribution in [0, 0.1) is 5.92 Å². The van der Waals surface area contributed by atoms with Gasteiger partial charge in [0.05, 0.1) is 38.2 Å². The molecule has 2 N–H and O–H groups in total. The van der Waals surface area contributed by atoms with Gasteiger partial charge in [-0.3, -0.25) is 29.7 Å². The Balaban J connectivity index is 1.59. The van der Waals surface area contributed by atoms with Crippen LogP contribution < -0.4 is 14.2 Å². The molecule has 0 radical (unpaired) electrons. The first-order valence-electron chi connectivity index (χ1n) is 16.9. The number of carbonyl (C=O) groups excluding carboxylic acids is 2. The van der Waals surface area contributed by atoms with Crippen molar-refractivity contribution in [2.75, 3.05) is 53.3 Å². The van der Waals surface area contributed by atoms with Crippen LogP contribution >= 0.6 is 0 Å². The van der Waals surface area contributed by atoms with Crippen molar-refractivity contribution in [3.8, 4) is 17.2 Å². The molecule has 2 aliphatic rings. The SMILES string of the molecule is CCCCN(CCCC)C(=O)CN1CC(c2ccc3c(c2)OCO3)[C@@H](C(=O)OCCCCCCON(O)O)C1c1ccc(OC)cc1. The Bertz CT molecular complexity index is 1250. The summed E-state index contributed by atoms with van der Waals surface area (Å²) in [5, 5.41) is 17.0. The highest BCUT2D eigenvalue weighted by molar-refractivity contribution is 5.80. The molecule has 3 atom stereocenters. The number of ether oxygens (including phenoxy) is 4. The Labute approximate surface area is 277 Å². The van der Waals surface area contributed by atoms with E-state index in [2.05, 4.69) is 23.6 Å². The summed E-state index contributed by atoms with van der Waals surface area (Å²) < 4.78 is 22.6. The summed E-state index contributed by atoms with van der Waals surface area (Å²) in [6.07, 6.45) is 6.77. The normalized spacial score (nSPS) is 18.9. The number of likely N-dealkylation sites (tertiary alicyclic amines) is 1. The maximum atomic E-state index is 14.1. The number of amides is 1. The highest BCUT2D eigenvalue weighted by Gasteiger charge is 2.49. The van der Waals surface area contributed by atoms with Crippen LogP contribution in [0.1, 0.15) is 88.3 Å². The first-order chi connectivity index (χ1) is 22.9. The Kier molecular flexibility index (Phi) is 14.6. The van der Waals surface area contributed by atoms with Gasteiger partial charge < -0.3 is 23.8 Å². The fourth-order valence-corrected chi connectivity index (χ4v) is 6.36. The third-order valence-corrected chi connectivity index (χ3v) is 8.90. The van der Waals surface area contributed by atoms with Crippen molar-refractivity contribution in [2.45, 2.75) is 77.2 Å². The van der Waals surface area contributed by atoms with Gasteiger partial charge in [-0.2, -0.15) is 0 Å². The maximum Gasteiger partial charge on any atom is 0.311 e. The molecule has 2 heterocycles. The minimum Gasteiger partial charge on any atom is -0.497 e. The average Bonchev–Trinajstić information content (AvgIpc) is 3.70. The van der Waals surface area contributed by atoms with Crippen LogP contribution in [0.3, 0.4) is 0 Å². The summed E-state index contributed by atoms with van der Waals surface area (Å²) in [7, 11) is 1.62. The quantitative estimate of drug-likeness (QED) is 0.103. The van der Waals surface area contributed by atoms with E-state index in [1.165, 1.54) is 0 Å².